The Kier molecular flexibility index (Phi) is 5.22. The van der Waals surface area contributed by atoms with Crippen LogP contribution in [0.5, 0.6) is 0 Å². The molecule has 1 heterocycles. The number of hydrogen-bond acceptors (Lipinski definition) is 3. The molecule has 3 unspecified atom stereocenters. The number of nitrogens with zero attached hydrogens (tertiary/aromatic N) is 1. The summed E-state index contributed by atoms with van der Waals surface area (Å²) in [6.45, 7) is 5.64. The second-order valence-corrected chi connectivity index (χ2v) is 4.69. The van der Waals surface area contributed by atoms with Gasteiger partial charge in [-0.05, 0) is 32.2 Å². The molecule has 0 aromatic carbocycles. The molecule has 4 nitrogen and oxygen atoms in total. The first-order chi connectivity index (χ1) is 7.60. The summed E-state index contributed by atoms with van der Waals surface area (Å²) < 4.78 is 5.10. The molecule has 1 aliphatic rings. The van der Waals surface area contributed by atoms with E-state index in [0.29, 0.717) is 12.5 Å². The summed E-state index contributed by atoms with van der Waals surface area (Å²) in [4.78, 5) is 13.3. The molecule has 0 aromatic rings. The first kappa shape index (κ1) is 13.5. The predicted molar refractivity (Wildman–Crippen MR) is 62.5 cm³/mol. The Morgan fingerprint density at radius 1 is 1.62 bits per heavy atom. The lowest BCUT2D eigenvalue weighted by Gasteiger charge is -2.40. The Bertz CT molecular complexity index is 232. The van der Waals surface area contributed by atoms with Gasteiger partial charge in [0.1, 0.15) is 6.04 Å². The minimum Gasteiger partial charge on any atom is -0.480 e. The molecule has 0 spiro atoms. The third-order valence-corrected chi connectivity index (χ3v) is 3.59. The van der Waals surface area contributed by atoms with E-state index in [0.717, 1.165) is 25.8 Å². The van der Waals surface area contributed by atoms with Crippen LogP contribution >= 0.6 is 0 Å². The molecule has 0 bridgehead atoms. The Morgan fingerprint density at radius 2 is 2.31 bits per heavy atom. The summed E-state index contributed by atoms with van der Waals surface area (Å²) >= 11 is 0. The van der Waals surface area contributed by atoms with Gasteiger partial charge in [0, 0.05) is 13.2 Å². The summed E-state index contributed by atoms with van der Waals surface area (Å²) in [5, 5.41) is 9.26. The van der Waals surface area contributed by atoms with E-state index >= 15 is 0 Å². The fraction of sp³-hybridized carbons (Fsp3) is 0.917. The third kappa shape index (κ3) is 3.19. The SMILES string of the molecule is CCC1CCN(C(C)COC)C(C(=O)O)C1. The van der Waals surface area contributed by atoms with Crippen molar-refractivity contribution in [3.63, 3.8) is 0 Å². The van der Waals surface area contributed by atoms with Crippen molar-refractivity contribution in [1.82, 2.24) is 4.90 Å². The average molecular weight is 229 g/mol. The van der Waals surface area contributed by atoms with Gasteiger partial charge in [-0.3, -0.25) is 9.69 Å². The highest BCUT2D eigenvalue weighted by molar-refractivity contribution is 5.73. The summed E-state index contributed by atoms with van der Waals surface area (Å²) in [5.74, 6) is -0.131. The van der Waals surface area contributed by atoms with E-state index in [2.05, 4.69) is 11.8 Å². The largest absolute Gasteiger partial charge is 0.480 e. The van der Waals surface area contributed by atoms with Crippen molar-refractivity contribution in [3.8, 4) is 0 Å². The van der Waals surface area contributed by atoms with Crippen molar-refractivity contribution < 1.29 is 14.6 Å². The second-order valence-electron chi connectivity index (χ2n) is 4.69. The minimum absolute atomic E-state index is 0.184. The van der Waals surface area contributed by atoms with Crippen molar-refractivity contribution in [2.75, 3.05) is 20.3 Å². The Balaban J connectivity index is 2.64. The maximum Gasteiger partial charge on any atom is 0.320 e. The molecule has 4 heteroatoms. The molecule has 0 saturated carbocycles. The maximum atomic E-state index is 11.3. The topological polar surface area (TPSA) is 49.8 Å². The molecule has 1 fully saturated rings. The van der Waals surface area contributed by atoms with Gasteiger partial charge in [0.05, 0.1) is 6.61 Å². The monoisotopic (exact) mass is 229 g/mol. The lowest BCUT2D eigenvalue weighted by Crippen LogP contribution is -2.52. The summed E-state index contributed by atoms with van der Waals surface area (Å²) in [5.41, 5.74) is 0. The standard InChI is InChI=1S/C12H23NO3/c1-4-10-5-6-13(9(2)8-16-3)11(7-10)12(14)15/h9-11H,4-8H2,1-3H3,(H,14,15). The Morgan fingerprint density at radius 3 is 2.81 bits per heavy atom. The van der Waals surface area contributed by atoms with Crippen molar-refractivity contribution in [2.24, 2.45) is 5.92 Å². The van der Waals surface area contributed by atoms with Crippen molar-refractivity contribution >= 4 is 5.97 Å². The van der Waals surface area contributed by atoms with Crippen LogP contribution in [0.2, 0.25) is 0 Å². The molecule has 16 heavy (non-hydrogen) atoms. The average Bonchev–Trinajstić information content (AvgIpc) is 2.28. The second kappa shape index (κ2) is 6.21. The lowest BCUT2D eigenvalue weighted by atomic mass is 9.88. The number of likely N-dealkylation sites (tertiary alicyclic amines) is 1. The van der Waals surface area contributed by atoms with Crippen LogP contribution in [0.1, 0.15) is 33.1 Å². The van der Waals surface area contributed by atoms with Crippen LogP contribution in [0, 0.1) is 5.92 Å². The number of rotatable bonds is 5. The first-order valence-corrected chi connectivity index (χ1v) is 6.07. The fourth-order valence-corrected chi connectivity index (χ4v) is 2.53. The number of ether oxygens (including phenoxy) is 1. The molecule has 1 rings (SSSR count). The van der Waals surface area contributed by atoms with E-state index in [4.69, 9.17) is 4.74 Å². The highest BCUT2D eigenvalue weighted by atomic mass is 16.5. The molecule has 1 N–H and O–H groups in total. The number of piperidine rings is 1. The smallest absolute Gasteiger partial charge is 0.320 e. The zero-order valence-electron chi connectivity index (χ0n) is 10.5. The number of carboxylic acids is 1. The van der Waals surface area contributed by atoms with E-state index in [-0.39, 0.29) is 12.1 Å². The van der Waals surface area contributed by atoms with E-state index in [1.165, 1.54) is 0 Å². The molecule has 0 amide bonds. The Hall–Kier alpha value is -0.610. The number of carbonyl (C=O) groups is 1. The molecule has 1 saturated heterocycles. The van der Waals surface area contributed by atoms with Crippen LogP contribution in [0.15, 0.2) is 0 Å². The molecular weight excluding hydrogens is 206 g/mol. The zero-order chi connectivity index (χ0) is 12.1. The summed E-state index contributed by atoms with van der Waals surface area (Å²) in [6, 6.07) is -0.146. The number of hydrogen-bond donors (Lipinski definition) is 1. The highest BCUT2D eigenvalue weighted by Gasteiger charge is 2.34. The van der Waals surface area contributed by atoms with Gasteiger partial charge in [-0.15, -0.1) is 0 Å². The van der Waals surface area contributed by atoms with Crippen LogP contribution in [0.3, 0.4) is 0 Å². The van der Waals surface area contributed by atoms with Crippen LogP contribution in [-0.2, 0) is 9.53 Å². The van der Waals surface area contributed by atoms with Crippen molar-refractivity contribution in [1.29, 1.82) is 0 Å². The van der Waals surface area contributed by atoms with Crippen LogP contribution in [-0.4, -0.2) is 48.3 Å². The van der Waals surface area contributed by atoms with Gasteiger partial charge in [-0.2, -0.15) is 0 Å². The van der Waals surface area contributed by atoms with E-state index in [1.54, 1.807) is 7.11 Å². The third-order valence-electron chi connectivity index (χ3n) is 3.59. The van der Waals surface area contributed by atoms with Gasteiger partial charge in [0.15, 0.2) is 0 Å². The van der Waals surface area contributed by atoms with Gasteiger partial charge >= 0.3 is 5.97 Å². The molecule has 0 aliphatic carbocycles. The van der Waals surface area contributed by atoms with Crippen LogP contribution in [0.4, 0.5) is 0 Å². The van der Waals surface area contributed by atoms with Gasteiger partial charge < -0.3 is 9.84 Å². The maximum absolute atomic E-state index is 11.3. The number of aliphatic carboxylic acids is 1. The molecular formula is C12H23NO3. The molecule has 1 aliphatic heterocycles. The molecule has 0 radical (unpaired) electrons. The summed E-state index contributed by atoms with van der Waals surface area (Å²) in [6.07, 6.45) is 2.96. The lowest BCUT2D eigenvalue weighted by molar-refractivity contribution is -0.147. The van der Waals surface area contributed by atoms with Gasteiger partial charge in [0.2, 0.25) is 0 Å². The number of methoxy groups -OCH3 is 1. The van der Waals surface area contributed by atoms with Gasteiger partial charge in [0.25, 0.3) is 0 Å². The van der Waals surface area contributed by atoms with Crippen molar-refractivity contribution in [3.05, 3.63) is 0 Å². The van der Waals surface area contributed by atoms with E-state index in [1.807, 2.05) is 6.92 Å². The van der Waals surface area contributed by atoms with E-state index < -0.39 is 5.97 Å². The molecule has 0 aromatic heterocycles. The highest BCUT2D eigenvalue weighted by Crippen LogP contribution is 2.27. The van der Waals surface area contributed by atoms with Crippen LogP contribution in [0.25, 0.3) is 0 Å². The van der Waals surface area contributed by atoms with Crippen molar-refractivity contribution in [2.45, 2.75) is 45.2 Å². The quantitative estimate of drug-likeness (QED) is 0.778. The zero-order valence-corrected chi connectivity index (χ0v) is 10.5. The Labute approximate surface area is 97.6 Å². The van der Waals surface area contributed by atoms with Crippen LogP contribution < -0.4 is 0 Å². The first-order valence-electron chi connectivity index (χ1n) is 6.07. The van der Waals surface area contributed by atoms with Gasteiger partial charge in [-0.1, -0.05) is 13.3 Å². The fourth-order valence-electron chi connectivity index (χ4n) is 2.53. The van der Waals surface area contributed by atoms with E-state index in [9.17, 15) is 9.90 Å². The molecule has 94 valence electrons. The predicted octanol–water partition coefficient (Wildman–Crippen LogP) is 1.60. The minimum atomic E-state index is -0.693. The normalized spacial score (nSPS) is 28.9. The number of carboxylic acid groups (broad SMARTS) is 1. The summed E-state index contributed by atoms with van der Waals surface area (Å²) in [7, 11) is 1.66. The van der Waals surface area contributed by atoms with Gasteiger partial charge in [-0.25, -0.2) is 0 Å². The molecule has 3 atom stereocenters.